The number of hydrogen-bond donors (Lipinski definition) is 2. The number of rotatable bonds is 3. The highest BCUT2D eigenvalue weighted by molar-refractivity contribution is 5.86. The van der Waals surface area contributed by atoms with Gasteiger partial charge in [-0.05, 0) is 56.2 Å². The molecule has 2 rings (SSSR count). The third kappa shape index (κ3) is 2.93. The Morgan fingerprint density at radius 1 is 1.37 bits per heavy atom. The van der Waals surface area contributed by atoms with Gasteiger partial charge in [0.05, 0.1) is 5.41 Å². The fourth-order valence-corrected chi connectivity index (χ4v) is 3.01. The number of carbonyl (C=O) groups is 1. The van der Waals surface area contributed by atoms with Crippen LogP contribution in [0.4, 0.5) is 0 Å². The van der Waals surface area contributed by atoms with Crippen LogP contribution in [0.25, 0.3) is 0 Å². The molecular formula is C14H23N3O2. The highest BCUT2D eigenvalue weighted by Gasteiger charge is 2.42. The summed E-state index contributed by atoms with van der Waals surface area (Å²) in [6.07, 6.45) is 6.94. The van der Waals surface area contributed by atoms with Gasteiger partial charge in [-0.25, -0.2) is 0 Å². The van der Waals surface area contributed by atoms with Gasteiger partial charge < -0.3 is 16.9 Å². The van der Waals surface area contributed by atoms with Crippen molar-refractivity contribution in [1.82, 2.24) is 4.98 Å². The SMILES string of the molecule is C[C@@H](N)[C@H]1CC[C@@](C(N)=O)(c2ccncc2)CC1.O. The summed E-state index contributed by atoms with van der Waals surface area (Å²) in [5, 5.41) is 0. The second kappa shape index (κ2) is 6.12. The van der Waals surface area contributed by atoms with Gasteiger partial charge in [-0.1, -0.05) is 0 Å². The molecule has 1 aliphatic rings. The van der Waals surface area contributed by atoms with E-state index < -0.39 is 5.41 Å². The summed E-state index contributed by atoms with van der Waals surface area (Å²) < 4.78 is 0. The lowest BCUT2D eigenvalue weighted by Crippen LogP contribution is -2.46. The zero-order valence-corrected chi connectivity index (χ0v) is 11.3. The van der Waals surface area contributed by atoms with Crippen LogP contribution in [0, 0.1) is 5.92 Å². The molecule has 0 unspecified atom stereocenters. The van der Waals surface area contributed by atoms with Crippen LogP contribution in [0.1, 0.15) is 38.2 Å². The molecule has 6 N–H and O–H groups in total. The second-order valence-corrected chi connectivity index (χ2v) is 5.38. The van der Waals surface area contributed by atoms with Crippen LogP contribution in [0.3, 0.4) is 0 Å². The smallest absolute Gasteiger partial charge is 0.228 e. The van der Waals surface area contributed by atoms with Gasteiger partial charge in [0, 0.05) is 18.4 Å². The Kier molecular flexibility index (Phi) is 5.03. The highest BCUT2D eigenvalue weighted by atomic mass is 16.1. The maximum Gasteiger partial charge on any atom is 0.228 e. The van der Waals surface area contributed by atoms with E-state index in [1.807, 2.05) is 19.1 Å². The molecule has 106 valence electrons. The molecule has 1 fully saturated rings. The third-order valence-electron chi connectivity index (χ3n) is 4.33. The van der Waals surface area contributed by atoms with Crippen LogP contribution in [0.2, 0.25) is 0 Å². The van der Waals surface area contributed by atoms with Crippen LogP contribution in [-0.4, -0.2) is 22.4 Å². The number of hydrogen-bond acceptors (Lipinski definition) is 3. The number of nitrogens with zero attached hydrogens (tertiary/aromatic N) is 1. The molecule has 1 aromatic heterocycles. The van der Waals surface area contributed by atoms with Crippen LogP contribution >= 0.6 is 0 Å². The Morgan fingerprint density at radius 2 is 1.89 bits per heavy atom. The quantitative estimate of drug-likeness (QED) is 0.830. The number of primary amides is 1. The van der Waals surface area contributed by atoms with Crippen molar-refractivity contribution >= 4 is 5.91 Å². The van der Waals surface area contributed by atoms with Crippen molar-refractivity contribution in [2.45, 2.75) is 44.1 Å². The van der Waals surface area contributed by atoms with Gasteiger partial charge in [-0.15, -0.1) is 0 Å². The number of nitrogens with two attached hydrogens (primary N) is 2. The fraction of sp³-hybridized carbons (Fsp3) is 0.571. The number of carbonyl (C=O) groups excluding carboxylic acids is 1. The van der Waals surface area contributed by atoms with Gasteiger partial charge in [0.15, 0.2) is 0 Å². The molecule has 0 saturated heterocycles. The van der Waals surface area contributed by atoms with Crippen molar-refractivity contribution in [3.8, 4) is 0 Å². The predicted octanol–water partition coefficient (Wildman–Crippen LogP) is 0.517. The fourth-order valence-electron chi connectivity index (χ4n) is 3.01. The first-order valence-electron chi connectivity index (χ1n) is 6.52. The molecule has 0 bridgehead atoms. The van der Waals surface area contributed by atoms with Gasteiger partial charge in [-0.2, -0.15) is 0 Å². The van der Waals surface area contributed by atoms with E-state index in [-0.39, 0.29) is 17.4 Å². The molecule has 0 aromatic carbocycles. The average molecular weight is 265 g/mol. The Bertz CT molecular complexity index is 412. The number of aromatic nitrogens is 1. The van der Waals surface area contributed by atoms with Crippen molar-refractivity contribution in [3.63, 3.8) is 0 Å². The van der Waals surface area contributed by atoms with Crippen molar-refractivity contribution < 1.29 is 10.3 Å². The molecule has 19 heavy (non-hydrogen) atoms. The lowest BCUT2D eigenvalue weighted by atomic mass is 9.65. The molecule has 1 amide bonds. The molecule has 5 nitrogen and oxygen atoms in total. The first-order valence-corrected chi connectivity index (χ1v) is 6.52. The number of amides is 1. The van der Waals surface area contributed by atoms with Crippen molar-refractivity contribution in [2.75, 3.05) is 0 Å². The van der Waals surface area contributed by atoms with Crippen LogP contribution in [0.15, 0.2) is 24.5 Å². The number of pyridine rings is 1. The minimum atomic E-state index is -0.520. The van der Waals surface area contributed by atoms with Crippen LogP contribution in [0.5, 0.6) is 0 Å². The second-order valence-electron chi connectivity index (χ2n) is 5.38. The van der Waals surface area contributed by atoms with E-state index >= 15 is 0 Å². The maximum atomic E-state index is 11.9. The van der Waals surface area contributed by atoms with Gasteiger partial charge in [0.1, 0.15) is 0 Å². The zero-order valence-electron chi connectivity index (χ0n) is 11.3. The first-order chi connectivity index (χ1) is 8.56. The Labute approximate surface area is 113 Å². The van der Waals surface area contributed by atoms with Gasteiger partial charge in [0.2, 0.25) is 5.91 Å². The molecule has 0 spiro atoms. The molecule has 1 aliphatic carbocycles. The summed E-state index contributed by atoms with van der Waals surface area (Å²) in [6.45, 7) is 2.04. The van der Waals surface area contributed by atoms with Gasteiger partial charge >= 0.3 is 0 Å². The monoisotopic (exact) mass is 265 g/mol. The van der Waals surface area contributed by atoms with E-state index in [0.29, 0.717) is 5.92 Å². The van der Waals surface area contributed by atoms with E-state index in [0.717, 1.165) is 31.2 Å². The average Bonchev–Trinajstić information content (AvgIpc) is 2.39. The minimum absolute atomic E-state index is 0. The van der Waals surface area contributed by atoms with E-state index in [4.69, 9.17) is 11.5 Å². The maximum absolute atomic E-state index is 11.9. The normalized spacial score (nSPS) is 28.2. The summed E-state index contributed by atoms with van der Waals surface area (Å²) in [6, 6.07) is 3.99. The molecule has 0 radical (unpaired) electrons. The van der Waals surface area contributed by atoms with E-state index in [1.165, 1.54) is 0 Å². The van der Waals surface area contributed by atoms with Crippen molar-refractivity contribution in [2.24, 2.45) is 17.4 Å². The van der Waals surface area contributed by atoms with Gasteiger partial charge in [0.25, 0.3) is 0 Å². The Hall–Kier alpha value is -1.46. The zero-order chi connectivity index (χ0) is 13.2. The highest BCUT2D eigenvalue weighted by Crippen LogP contribution is 2.41. The standard InChI is InChI=1S/C14H21N3O.H2O/c1-10(15)11-2-6-14(7-3-11,13(16)18)12-4-8-17-9-5-12;/h4-5,8-11H,2-3,6-7,15H2,1H3,(H2,16,18);1H2/t10-,11-,14-;/m1./s1. The lowest BCUT2D eigenvalue weighted by Gasteiger charge is -2.39. The van der Waals surface area contributed by atoms with Crippen LogP contribution < -0.4 is 11.5 Å². The summed E-state index contributed by atoms with van der Waals surface area (Å²) in [4.78, 5) is 15.9. The molecule has 1 aromatic rings. The molecule has 5 heteroatoms. The minimum Gasteiger partial charge on any atom is -0.412 e. The summed E-state index contributed by atoms with van der Waals surface area (Å²) in [5.41, 5.74) is 12.1. The molecule has 1 atom stereocenters. The largest absolute Gasteiger partial charge is 0.412 e. The van der Waals surface area contributed by atoms with E-state index in [1.54, 1.807) is 12.4 Å². The van der Waals surface area contributed by atoms with Crippen LogP contribution in [-0.2, 0) is 10.2 Å². The molecule has 1 heterocycles. The predicted molar refractivity (Wildman–Crippen MR) is 74.3 cm³/mol. The summed E-state index contributed by atoms with van der Waals surface area (Å²) >= 11 is 0. The van der Waals surface area contributed by atoms with E-state index in [2.05, 4.69) is 4.98 Å². The molecule has 1 saturated carbocycles. The van der Waals surface area contributed by atoms with E-state index in [9.17, 15) is 4.79 Å². The summed E-state index contributed by atoms with van der Waals surface area (Å²) in [5.74, 6) is 0.274. The van der Waals surface area contributed by atoms with Crippen molar-refractivity contribution in [1.29, 1.82) is 0 Å². The lowest BCUT2D eigenvalue weighted by molar-refractivity contribution is -0.125. The van der Waals surface area contributed by atoms with Gasteiger partial charge in [-0.3, -0.25) is 9.78 Å². The molecule has 0 aliphatic heterocycles. The Morgan fingerprint density at radius 3 is 2.32 bits per heavy atom. The topological polar surface area (TPSA) is 114 Å². The van der Waals surface area contributed by atoms with Crippen molar-refractivity contribution in [3.05, 3.63) is 30.1 Å². The Balaban J connectivity index is 0.00000180. The molecular weight excluding hydrogens is 242 g/mol. The summed E-state index contributed by atoms with van der Waals surface area (Å²) in [7, 11) is 0. The third-order valence-corrected chi connectivity index (χ3v) is 4.33. The first kappa shape index (κ1) is 15.6.